The standard InChI is InChI=1S/C23H18ClFN2O2S/c1-30(28,29)20-6-4-5-17(13-20)16-9-11-19(12-10-16)27-15-18(14-25)26-23(27)21-7-2-3-8-22(21)24/h2-13,15H,14H2,1H3. The van der Waals surface area contributed by atoms with Crippen LogP contribution in [0.3, 0.4) is 0 Å². The van der Waals surface area contributed by atoms with Crippen molar-refractivity contribution in [3.63, 3.8) is 0 Å². The molecule has 0 spiro atoms. The Kier molecular flexibility index (Phi) is 5.45. The van der Waals surface area contributed by atoms with E-state index in [1.54, 1.807) is 35.0 Å². The van der Waals surface area contributed by atoms with E-state index in [-0.39, 0.29) is 4.90 Å². The number of aromatic nitrogens is 2. The fraction of sp³-hybridized carbons (Fsp3) is 0.0870. The number of hydrogen-bond acceptors (Lipinski definition) is 3. The second kappa shape index (κ2) is 8.05. The molecule has 30 heavy (non-hydrogen) atoms. The first-order valence-electron chi connectivity index (χ1n) is 9.17. The van der Waals surface area contributed by atoms with Crippen LogP contribution < -0.4 is 0 Å². The quantitative estimate of drug-likeness (QED) is 0.398. The number of imidazole rings is 1. The van der Waals surface area contributed by atoms with Crippen LogP contribution in [0.4, 0.5) is 4.39 Å². The maximum absolute atomic E-state index is 13.3. The highest BCUT2D eigenvalue weighted by atomic mass is 35.5. The molecule has 1 aromatic heterocycles. The van der Waals surface area contributed by atoms with Crippen molar-refractivity contribution in [3.05, 3.63) is 89.7 Å². The van der Waals surface area contributed by atoms with E-state index >= 15 is 0 Å². The van der Waals surface area contributed by atoms with E-state index in [2.05, 4.69) is 4.98 Å². The van der Waals surface area contributed by atoms with E-state index in [0.29, 0.717) is 22.1 Å². The minimum absolute atomic E-state index is 0.271. The Labute approximate surface area is 179 Å². The molecule has 0 aliphatic heterocycles. The Morgan fingerprint density at radius 2 is 1.70 bits per heavy atom. The molecule has 3 aromatic carbocycles. The normalized spacial score (nSPS) is 11.6. The molecule has 1 heterocycles. The molecular formula is C23H18ClFN2O2S. The Morgan fingerprint density at radius 1 is 0.967 bits per heavy atom. The van der Waals surface area contributed by atoms with E-state index in [4.69, 9.17) is 11.6 Å². The zero-order chi connectivity index (χ0) is 21.3. The third-order valence-electron chi connectivity index (χ3n) is 4.75. The van der Waals surface area contributed by atoms with Crippen molar-refractivity contribution < 1.29 is 12.8 Å². The maximum Gasteiger partial charge on any atom is 0.175 e. The summed E-state index contributed by atoms with van der Waals surface area (Å²) in [6, 6.07) is 21.6. The molecule has 0 atom stereocenters. The third-order valence-corrected chi connectivity index (χ3v) is 6.19. The van der Waals surface area contributed by atoms with Crippen LogP contribution in [0.2, 0.25) is 5.02 Å². The van der Waals surface area contributed by atoms with E-state index < -0.39 is 16.5 Å². The molecule has 0 amide bonds. The zero-order valence-corrected chi connectivity index (χ0v) is 17.7. The van der Waals surface area contributed by atoms with Crippen LogP contribution in [-0.2, 0) is 16.5 Å². The van der Waals surface area contributed by atoms with Gasteiger partial charge in [0.05, 0.1) is 15.6 Å². The van der Waals surface area contributed by atoms with Crippen LogP contribution in [0, 0.1) is 0 Å². The maximum atomic E-state index is 13.3. The average molecular weight is 441 g/mol. The van der Waals surface area contributed by atoms with Crippen molar-refractivity contribution in [2.75, 3.05) is 6.26 Å². The van der Waals surface area contributed by atoms with Gasteiger partial charge >= 0.3 is 0 Å². The number of nitrogens with zero attached hydrogens (tertiary/aromatic N) is 2. The lowest BCUT2D eigenvalue weighted by Crippen LogP contribution is -1.98. The summed E-state index contributed by atoms with van der Waals surface area (Å²) < 4.78 is 38.8. The van der Waals surface area contributed by atoms with Gasteiger partial charge in [0.15, 0.2) is 9.84 Å². The highest BCUT2D eigenvalue weighted by Gasteiger charge is 2.15. The molecule has 4 nitrogen and oxygen atoms in total. The summed E-state index contributed by atoms with van der Waals surface area (Å²) in [5.74, 6) is 0.556. The van der Waals surface area contributed by atoms with Gasteiger partial charge in [-0.15, -0.1) is 0 Å². The smallest absolute Gasteiger partial charge is 0.175 e. The topological polar surface area (TPSA) is 52.0 Å². The van der Waals surface area contributed by atoms with Gasteiger partial charge in [0.1, 0.15) is 12.5 Å². The number of benzene rings is 3. The van der Waals surface area contributed by atoms with Crippen molar-refractivity contribution in [1.29, 1.82) is 0 Å². The summed E-state index contributed by atoms with van der Waals surface area (Å²) in [6.45, 7) is -0.680. The van der Waals surface area contributed by atoms with Gasteiger partial charge in [0, 0.05) is 23.7 Å². The van der Waals surface area contributed by atoms with Gasteiger partial charge in [-0.25, -0.2) is 17.8 Å². The molecule has 0 radical (unpaired) electrons. The van der Waals surface area contributed by atoms with Crippen molar-refractivity contribution in [2.45, 2.75) is 11.6 Å². The second-order valence-electron chi connectivity index (χ2n) is 6.89. The highest BCUT2D eigenvalue weighted by molar-refractivity contribution is 7.90. The first-order chi connectivity index (χ1) is 14.4. The van der Waals surface area contributed by atoms with Crippen LogP contribution in [-0.4, -0.2) is 24.2 Å². The SMILES string of the molecule is CS(=O)(=O)c1cccc(-c2ccc(-n3cc(CF)nc3-c3ccccc3Cl)cc2)c1. The molecule has 0 N–H and O–H groups in total. The molecule has 4 rings (SSSR count). The molecule has 7 heteroatoms. The average Bonchev–Trinajstić information content (AvgIpc) is 3.18. The molecule has 0 aliphatic carbocycles. The summed E-state index contributed by atoms with van der Waals surface area (Å²) in [4.78, 5) is 4.66. The molecular weight excluding hydrogens is 423 g/mol. The lowest BCUT2D eigenvalue weighted by molar-refractivity contribution is 0.477. The number of sulfone groups is 1. The minimum atomic E-state index is -3.29. The van der Waals surface area contributed by atoms with E-state index in [1.165, 1.54) is 6.26 Å². The summed E-state index contributed by atoms with van der Waals surface area (Å²) in [6.07, 6.45) is 2.84. The Balaban J connectivity index is 1.76. The van der Waals surface area contributed by atoms with Crippen molar-refractivity contribution in [1.82, 2.24) is 9.55 Å². The molecule has 0 bridgehead atoms. The van der Waals surface area contributed by atoms with Gasteiger partial charge in [-0.2, -0.15) is 0 Å². The van der Waals surface area contributed by atoms with Gasteiger partial charge in [-0.1, -0.05) is 48.0 Å². The van der Waals surface area contributed by atoms with Crippen LogP contribution >= 0.6 is 11.6 Å². The number of hydrogen-bond donors (Lipinski definition) is 0. The summed E-state index contributed by atoms with van der Waals surface area (Å²) in [5.41, 5.74) is 3.49. The van der Waals surface area contributed by atoms with E-state index in [1.807, 2.05) is 48.5 Å². The Bertz CT molecular complexity index is 1320. The number of halogens is 2. The monoisotopic (exact) mass is 440 g/mol. The molecule has 4 aromatic rings. The van der Waals surface area contributed by atoms with Crippen LogP contribution in [0.1, 0.15) is 5.69 Å². The first kappa shape index (κ1) is 20.3. The molecule has 0 saturated carbocycles. The fourth-order valence-electron chi connectivity index (χ4n) is 3.24. The predicted octanol–water partition coefficient (Wildman–Crippen LogP) is 5.73. The summed E-state index contributed by atoms with van der Waals surface area (Å²) in [7, 11) is -3.29. The second-order valence-corrected chi connectivity index (χ2v) is 9.31. The molecule has 0 saturated heterocycles. The largest absolute Gasteiger partial charge is 0.299 e. The van der Waals surface area contributed by atoms with E-state index in [9.17, 15) is 12.8 Å². The van der Waals surface area contributed by atoms with Crippen molar-refractivity contribution in [3.8, 4) is 28.2 Å². The van der Waals surface area contributed by atoms with Gasteiger partial charge in [0.2, 0.25) is 0 Å². The summed E-state index contributed by atoms with van der Waals surface area (Å²) >= 11 is 6.33. The first-order valence-corrected chi connectivity index (χ1v) is 11.4. The van der Waals surface area contributed by atoms with Crippen molar-refractivity contribution >= 4 is 21.4 Å². The molecule has 0 fully saturated rings. The minimum Gasteiger partial charge on any atom is -0.299 e. The predicted molar refractivity (Wildman–Crippen MR) is 117 cm³/mol. The lowest BCUT2D eigenvalue weighted by atomic mass is 10.1. The van der Waals surface area contributed by atoms with Gasteiger partial charge in [-0.05, 0) is 47.5 Å². The van der Waals surface area contributed by atoms with Crippen LogP contribution in [0.15, 0.2) is 83.9 Å². The van der Waals surface area contributed by atoms with Gasteiger partial charge < -0.3 is 0 Å². The third kappa shape index (κ3) is 4.01. The zero-order valence-electron chi connectivity index (χ0n) is 16.1. The lowest BCUT2D eigenvalue weighted by Gasteiger charge is -2.10. The fourth-order valence-corrected chi connectivity index (χ4v) is 4.13. The van der Waals surface area contributed by atoms with Gasteiger partial charge in [0.25, 0.3) is 0 Å². The Hall–Kier alpha value is -2.96. The summed E-state index contributed by atoms with van der Waals surface area (Å²) in [5, 5.41) is 0.531. The molecule has 152 valence electrons. The van der Waals surface area contributed by atoms with E-state index in [0.717, 1.165) is 16.8 Å². The van der Waals surface area contributed by atoms with Crippen LogP contribution in [0.5, 0.6) is 0 Å². The van der Waals surface area contributed by atoms with Gasteiger partial charge in [-0.3, -0.25) is 4.57 Å². The molecule has 0 unspecified atom stereocenters. The molecule has 0 aliphatic rings. The number of rotatable bonds is 5. The van der Waals surface area contributed by atoms with Crippen LogP contribution in [0.25, 0.3) is 28.2 Å². The Morgan fingerprint density at radius 3 is 2.37 bits per heavy atom. The highest BCUT2D eigenvalue weighted by Crippen LogP contribution is 2.30. The van der Waals surface area contributed by atoms with Crippen molar-refractivity contribution in [2.24, 2.45) is 0 Å². The number of alkyl halides is 1.